The number of hydrogen-bond donors (Lipinski definition) is 3. The van der Waals surface area contributed by atoms with Gasteiger partial charge in [-0.2, -0.15) is 0 Å². The largest absolute Gasteiger partial charge is 0.348 e. The summed E-state index contributed by atoms with van der Waals surface area (Å²) < 4.78 is 22.3. The maximum atomic E-state index is 11.1. The number of hydrogen-bond acceptors (Lipinski definition) is 4. The molecule has 0 amide bonds. The standard InChI is InChI=1S/C12H16N4O2S/c1-9(16-8-12-14-6-7-15-12)10-2-4-11(5-3-10)19(13,17)18/h2-7,9,16H,8H2,1H3,(H,14,15)(H2,13,17,18). The lowest BCUT2D eigenvalue weighted by molar-refractivity contribution is 0.561. The third-order valence-electron chi connectivity index (χ3n) is 2.84. The summed E-state index contributed by atoms with van der Waals surface area (Å²) in [6.45, 7) is 2.61. The molecule has 1 atom stereocenters. The van der Waals surface area contributed by atoms with Crippen LogP contribution in [0.2, 0.25) is 0 Å². The Kier molecular flexibility index (Phi) is 3.98. The van der Waals surface area contributed by atoms with Gasteiger partial charge in [0, 0.05) is 18.4 Å². The van der Waals surface area contributed by atoms with Gasteiger partial charge >= 0.3 is 0 Å². The second-order valence-corrected chi connectivity index (χ2v) is 5.81. The van der Waals surface area contributed by atoms with Gasteiger partial charge in [0.05, 0.1) is 11.4 Å². The first-order chi connectivity index (χ1) is 8.97. The van der Waals surface area contributed by atoms with Gasteiger partial charge in [0.25, 0.3) is 0 Å². The lowest BCUT2D eigenvalue weighted by Crippen LogP contribution is -2.19. The van der Waals surface area contributed by atoms with E-state index in [0.29, 0.717) is 6.54 Å². The van der Waals surface area contributed by atoms with E-state index in [9.17, 15) is 8.42 Å². The first-order valence-corrected chi connectivity index (χ1v) is 7.36. The van der Waals surface area contributed by atoms with E-state index in [-0.39, 0.29) is 10.9 Å². The molecule has 0 bridgehead atoms. The highest BCUT2D eigenvalue weighted by atomic mass is 32.2. The molecule has 2 rings (SSSR count). The van der Waals surface area contributed by atoms with E-state index >= 15 is 0 Å². The average molecular weight is 280 g/mol. The van der Waals surface area contributed by atoms with Crippen molar-refractivity contribution in [2.75, 3.05) is 0 Å². The molecule has 0 aliphatic heterocycles. The normalized spacial score (nSPS) is 13.4. The van der Waals surface area contributed by atoms with Crippen molar-refractivity contribution in [3.05, 3.63) is 48.0 Å². The lowest BCUT2D eigenvalue weighted by Gasteiger charge is -2.13. The minimum Gasteiger partial charge on any atom is -0.348 e. The Morgan fingerprint density at radius 1 is 1.37 bits per heavy atom. The number of H-pyrrole nitrogens is 1. The van der Waals surface area contributed by atoms with Gasteiger partial charge in [-0.1, -0.05) is 12.1 Å². The van der Waals surface area contributed by atoms with Gasteiger partial charge in [-0.25, -0.2) is 18.5 Å². The SMILES string of the molecule is CC(NCc1ncc[nH]1)c1ccc(S(N)(=O)=O)cc1. The second kappa shape index (κ2) is 5.52. The Morgan fingerprint density at radius 3 is 2.58 bits per heavy atom. The Hall–Kier alpha value is -1.70. The fourth-order valence-electron chi connectivity index (χ4n) is 1.71. The van der Waals surface area contributed by atoms with E-state index in [1.54, 1.807) is 24.5 Å². The van der Waals surface area contributed by atoms with Gasteiger partial charge < -0.3 is 10.3 Å². The molecule has 102 valence electrons. The summed E-state index contributed by atoms with van der Waals surface area (Å²) in [5, 5.41) is 8.34. The third-order valence-corrected chi connectivity index (χ3v) is 3.77. The van der Waals surface area contributed by atoms with Gasteiger partial charge in [-0.15, -0.1) is 0 Å². The van der Waals surface area contributed by atoms with Crippen LogP contribution in [0, 0.1) is 0 Å². The lowest BCUT2D eigenvalue weighted by atomic mass is 10.1. The molecule has 0 saturated carbocycles. The number of nitrogens with one attached hydrogen (secondary N) is 2. The molecule has 0 saturated heterocycles. The number of sulfonamides is 1. The van der Waals surface area contributed by atoms with Crippen molar-refractivity contribution in [3.63, 3.8) is 0 Å². The zero-order valence-corrected chi connectivity index (χ0v) is 11.3. The van der Waals surface area contributed by atoms with Gasteiger partial charge in [-0.05, 0) is 24.6 Å². The summed E-state index contributed by atoms with van der Waals surface area (Å²) in [4.78, 5) is 7.24. The van der Waals surface area contributed by atoms with Crippen molar-refractivity contribution >= 4 is 10.0 Å². The van der Waals surface area contributed by atoms with Gasteiger partial charge in [-0.3, -0.25) is 0 Å². The minimum atomic E-state index is -3.63. The summed E-state index contributed by atoms with van der Waals surface area (Å²) in [6, 6.07) is 6.60. The van der Waals surface area contributed by atoms with Crippen LogP contribution >= 0.6 is 0 Å². The number of nitrogens with two attached hydrogens (primary N) is 1. The fraction of sp³-hybridized carbons (Fsp3) is 0.250. The Labute approximate surface area is 112 Å². The molecule has 19 heavy (non-hydrogen) atoms. The van der Waals surface area contributed by atoms with E-state index in [4.69, 9.17) is 5.14 Å². The summed E-state index contributed by atoms with van der Waals surface area (Å²) in [5.41, 5.74) is 0.985. The van der Waals surface area contributed by atoms with Crippen LogP contribution in [-0.4, -0.2) is 18.4 Å². The number of nitrogens with zero attached hydrogens (tertiary/aromatic N) is 1. The van der Waals surface area contributed by atoms with E-state index in [0.717, 1.165) is 11.4 Å². The summed E-state index contributed by atoms with van der Waals surface area (Å²) >= 11 is 0. The van der Waals surface area contributed by atoms with Crippen molar-refractivity contribution in [2.24, 2.45) is 5.14 Å². The molecule has 0 spiro atoms. The van der Waals surface area contributed by atoms with Gasteiger partial charge in [0.2, 0.25) is 10.0 Å². The van der Waals surface area contributed by atoms with Crippen LogP contribution in [-0.2, 0) is 16.6 Å². The third kappa shape index (κ3) is 3.63. The zero-order chi connectivity index (χ0) is 13.9. The van der Waals surface area contributed by atoms with Crippen LogP contribution in [0.15, 0.2) is 41.6 Å². The fourth-order valence-corrected chi connectivity index (χ4v) is 2.22. The molecule has 0 radical (unpaired) electrons. The molecular weight excluding hydrogens is 264 g/mol. The molecule has 2 aromatic rings. The van der Waals surface area contributed by atoms with Crippen LogP contribution in [0.4, 0.5) is 0 Å². The summed E-state index contributed by atoms with van der Waals surface area (Å²) in [6.07, 6.45) is 3.46. The quantitative estimate of drug-likeness (QED) is 0.757. The highest BCUT2D eigenvalue weighted by molar-refractivity contribution is 7.89. The predicted octanol–water partition coefficient (Wildman–Crippen LogP) is 0.908. The van der Waals surface area contributed by atoms with Crippen molar-refractivity contribution in [2.45, 2.75) is 24.4 Å². The Bertz CT molecular complexity index is 620. The van der Waals surface area contributed by atoms with Crippen molar-refractivity contribution < 1.29 is 8.42 Å². The Balaban J connectivity index is 2.01. The van der Waals surface area contributed by atoms with Crippen LogP contribution in [0.5, 0.6) is 0 Å². The Morgan fingerprint density at radius 2 is 2.05 bits per heavy atom. The zero-order valence-electron chi connectivity index (χ0n) is 10.5. The smallest absolute Gasteiger partial charge is 0.238 e. The molecule has 0 aliphatic rings. The van der Waals surface area contributed by atoms with Gasteiger partial charge in [0.15, 0.2) is 0 Å². The summed E-state index contributed by atoms with van der Waals surface area (Å²) in [5.74, 6) is 0.855. The number of rotatable bonds is 5. The van der Waals surface area contributed by atoms with Crippen molar-refractivity contribution in [3.8, 4) is 0 Å². The number of benzene rings is 1. The topological polar surface area (TPSA) is 101 Å². The van der Waals surface area contributed by atoms with Crippen LogP contribution in [0.1, 0.15) is 24.4 Å². The number of imidazole rings is 1. The average Bonchev–Trinajstić information content (AvgIpc) is 2.88. The maximum absolute atomic E-state index is 11.1. The predicted molar refractivity (Wildman–Crippen MR) is 71.7 cm³/mol. The maximum Gasteiger partial charge on any atom is 0.238 e. The molecule has 6 nitrogen and oxygen atoms in total. The molecule has 1 aromatic heterocycles. The first kappa shape index (κ1) is 13.7. The molecular formula is C12H16N4O2S. The molecule has 7 heteroatoms. The van der Waals surface area contributed by atoms with Gasteiger partial charge in [0.1, 0.15) is 5.82 Å². The summed E-state index contributed by atoms with van der Waals surface area (Å²) in [7, 11) is -3.63. The van der Waals surface area contributed by atoms with Crippen LogP contribution in [0.3, 0.4) is 0 Å². The number of primary sulfonamides is 1. The molecule has 1 aromatic carbocycles. The molecule has 0 aliphatic carbocycles. The number of aromatic nitrogens is 2. The number of aromatic amines is 1. The monoisotopic (exact) mass is 280 g/mol. The van der Waals surface area contributed by atoms with Crippen LogP contribution < -0.4 is 10.5 Å². The van der Waals surface area contributed by atoms with E-state index < -0.39 is 10.0 Å². The molecule has 1 unspecified atom stereocenters. The minimum absolute atomic E-state index is 0.0830. The highest BCUT2D eigenvalue weighted by Crippen LogP contribution is 2.15. The first-order valence-electron chi connectivity index (χ1n) is 5.81. The van der Waals surface area contributed by atoms with E-state index in [1.165, 1.54) is 12.1 Å². The van der Waals surface area contributed by atoms with Crippen LogP contribution in [0.25, 0.3) is 0 Å². The molecule has 4 N–H and O–H groups in total. The van der Waals surface area contributed by atoms with E-state index in [2.05, 4.69) is 15.3 Å². The highest BCUT2D eigenvalue weighted by Gasteiger charge is 2.09. The second-order valence-electron chi connectivity index (χ2n) is 4.25. The van der Waals surface area contributed by atoms with E-state index in [1.807, 2.05) is 6.92 Å². The molecule has 0 fully saturated rings. The van der Waals surface area contributed by atoms with Crippen molar-refractivity contribution in [1.29, 1.82) is 0 Å². The molecule has 1 heterocycles. The van der Waals surface area contributed by atoms with Crippen molar-refractivity contribution in [1.82, 2.24) is 15.3 Å².